The third kappa shape index (κ3) is 4.34. The zero-order valence-corrected chi connectivity index (χ0v) is 11.9. The van der Waals surface area contributed by atoms with Crippen LogP contribution < -0.4 is 14.8 Å². The Labute approximate surface area is 118 Å². The number of nitrogens with one attached hydrogen (secondary N) is 1. The summed E-state index contributed by atoms with van der Waals surface area (Å²) in [6, 6.07) is 5.07. The summed E-state index contributed by atoms with van der Waals surface area (Å²) in [4.78, 5) is 0. The van der Waals surface area contributed by atoms with Crippen LogP contribution in [-0.2, 0) is 6.54 Å². The van der Waals surface area contributed by atoms with Crippen LogP contribution in [0.25, 0.3) is 0 Å². The van der Waals surface area contributed by atoms with Crippen molar-refractivity contribution < 1.29 is 18.3 Å². The van der Waals surface area contributed by atoms with Crippen LogP contribution in [-0.4, -0.2) is 19.8 Å². The van der Waals surface area contributed by atoms with Crippen molar-refractivity contribution in [3.8, 4) is 11.5 Å². The predicted molar refractivity (Wildman–Crippen MR) is 73.2 cm³/mol. The average molecular weight is 285 g/mol. The van der Waals surface area contributed by atoms with Crippen molar-refractivity contribution in [1.29, 1.82) is 0 Å². The van der Waals surface area contributed by atoms with E-state index in [1.165, 1.54) is 12.5 Å². The van der Waals surface area contributed by atoms with Gasteiger partial charge in [0.2, 0.25) is 0 Å². The Kier molecular flexibility index (Phi) is 5.17. The maximum atomic E-state index is 12.3. The number of rotatable bonds is 8. The molecule has 1 aliphatic rings. The van der Waals surface area contributed by atoms with Crippen LogP contribution >= 0.6 is 0 Å². The van der Waals surface area contributed by atoms with E-state index in [0.29, 0.717) is 18.9 Å². The van der Waals surface area contributed by atoms with E-state index in [4.69, 9.17) is 4.74 Å². The van der Waals surface area contributed by atoms with Gasteiger partial charge in [0, 0.05) is 6.54 Å². The van der Waals surface area contributed by atoms with E-state index < -0.39 is 6.61 Å². The van der Waals surface area contributed by atoms with E-state index in [-0.39, 0.29) is 5.75 Å². The quantitative estimate of drug-likeness (QED) is 0.793. The first-order valence-corrected chi connectivity index (χ1v) is 7.01. The zero-order valence-electron chi connectivity index (χ0n) is 11.9. The van der Waals surface area contributed by atoms with Gasteiger partial charge < -0.3 is 14.8 Å². The average Bonchev–Trinajstić information content (AvgIpc) is 3.08. The molecule has 112 valence electrons. The molecule has 1 aromatic rings. The summed E-state index contributed by atoms with van der Waals surface area (Å²) in [5, 5.41) is 3.38. The fourth-order valence-corrected chi connectivity index (χ4v) is 2.21. The Morgan fingerprint density at radius 3 is 2.70 bits per heavy atom. The second-order valence-corrected chi connectivity index (χ2v) is 5.20. The molecule has 1 saturated carbocycles. The number of hydrogen-bond acceptors (Lipinski definition) is 3. The molecule has 2 unspecified atom stereocenters. The van der Waals surface area contributed by atoms with Crippen LogP contribution in [0.1, 0.15) is 25.8 Å². The minimum atomic E-state index is -2.84. The number of hydrogen-bond donors (Lipinski definition) is 1. The molecule has 0 heterocycles. The summed E-state index contributed by atoms with van der Waals surface area (Å²) < 4.78 is 34.4. The second kappa shape index (κ2) is 6.88. The molecule has 0 aromatic heterocycles. The summed E-state index contributed by atoms with van der Waals surface area (Å²) in [7, 11) is 0. The lowest BCUT2D eigenvalue weighted by atomic mass is 10.2. The van der Waals surface area contributed by atoms with Crippen molar-refractivity contribution >= 4 is 0 Å². The molecule has 1 N–H and O–H groups in total. The summed E-state index contributed by atoms with van der Waals surface area (Å²) in [5.74, 6) is 2.06. The minimum Gasteiger partial charge on any atom is -0.490 e. The third-order valence-electron chi connectivity index (χ3n) is 3.54. The van der Waals surface area contributed by atoms with Crippen LogP contribution in [0.2, 0.25) is 0 Å². The van der Waals surface area contributed by atoms with E-state index in [9.17, 15) is 8.78 Å². The Bertz CT molecular complexity index is 440. The Morgan fingerprint density at radius 2 is 2.10 bits per heavy atom. The van der Waals surface area contributed by atoms with Gasteiger partial charge in [0.1, 0.15) is 0 Å². The number of alkyl halides is 2. The highest BCUT2D eigenvalue weighted by atomic mass is 19.3. The Morgan fingerprint density at radius 1 is 1.35 bits per heavy atom. The molecule has 0 saturated heterocycles. The fraction of sp³-hybridized carbons (Fsp3) is 0.600. The maximum Gasteiger partial charge on any atom is 0.387 e. The van der Waals surface area contributed by atoms with Gasteiger partial charge in [-0.05, 0) is 49.4 Å². The molecular formula is C15H21F2NO2. The van der Waals surface area contributed by atoms with Crippen LogP contribution in [0, 0.1) is 11.8 Å². The van der Waals surface area contributed by atoms with Crippen LogP contribution in [0.15, 0.2) is 18.2 Å². The lowest BCUT2D eigenvalue weighted by Gasteiger charge is -2.13. The molecule has 3 nitrogen and oxygen atoms in total. The summed E-state index contributed by atoms with van der Waals surface area (Å²) >= 11 is 0. The number of halogens is 2. The van der Waals surface area contributed by atoms with Gasteiger partial charge in [0.15, 0.2) is 11.5 Å². The predicted octanol–water partition coefficient (Wildman–Crippen LogP) is 3.43. The summed E-state index contributed by atoms with van der Waals surface area (Å²) in [5.41, 5.74) is 1.00. The fourth-order valence-electron chi connectivity index (χ4n) is 2.21. The Balaban J connectivity index is 1.93. The molecule has 0 spiro atoms. The van der Waals surface area contributed by atoms with Crippen molar-refractivity contribution in [2.24, 2.45) is 11.8 Å². The lowest BCUT2D eigenvalue weighted by Crippen LogP contribution is -2.17. The largest absolute Gasteiger partial charge is 0.490 e. The topological polar surface area (TPSA) is 30.5 Å². The van der Waals surface area contributed by atoms with Gasteiger partial charge in [-0.15, -0.1) is 0 Å². The second-order valence-electron chi connectivity index (χ2n) is 5.20. The molecular weight excluding hydrogens is 264 g/mol. The maximum absolute atomic E-state index is 12.3. The molecule has 1 fully saturated rings. The van der Waals surface area contributed by atoms with Gasteiger partial charge in [0.05, 0.1) is 6.61 Å². The first-order valence-electron chi connectivity index (χ1n) is 7.01. The molecule has 2 atom stereocenters. The highest BCUT2D eigenvalue weighted by Gasteiger charge is 2.31. The minimum absolute atomic E-state index is 0.0846. The standard InChI is InChI=1S/C15H21F2NO2/c1-3-19-14-7-11(4-5-13(14)20-15(16)17)8-18-9-12-6-10(12)2/h4-5,7,10,12,15,18H,3,6,8-9H2,1-2H3. The van der Waals surface area contributed by atoms with E-state index in [1.54, 1.807) is 12.1 Å². The summed E-state index contributed by atoms with van der Waals surface area (Å²) in [6.07, 6.45) is 1.29. The smallest absolute Gasteiger partial charge is 0.387 e. The normalized spacial score (nSPS) is 21.1. The Hall–Kier alpha value is -1.36. The third-order valence-corrected chi connectivity index (χ3v) is 3.54. The van der Waals surface area contributed by atoms with Crippen molar-refractivity contribution in [2.45, 2.75) is 33.4 Å². The van der Waals surface area contributed by atoms with E-state index >= 15 is 0 Å². The van der Waals surface area contributed by atoms with E-state index in [0.717, 1.165) is 23.9 Å². The molecule has 0 aliphatic heterocycles. The molecule has 20 heavy (non-hydrogen) atoms. The SMILES string of the molecule is CCOc1cc(CNCC2CC2C)ccc1OC(F)F. The number of benzene rings is 1. The summed E-state index contributed by atoms with van der Waals surface area (Å²) in [6.45, 7) is 3.34. The highest BCUT2D eigenvalue weighted by Crippen LogP contribution is 2.37. The van der Waals surface area contributed by atoms with Gasteiger partial charge in [-0.1, -0.05) is 13.0 Å². The lowest BCUT2D eigenvalue weighted by molar-refractivity contribution is -0.0514. The van der Waals surface area contributed by atoms with Gasteiger partial charge in [-0.2, -0.15) is 8.78 Å². The molecule has 0 radical (unpaired) electrons. The van der Waals surface area contributed by atoms with E-state index in [1.807, 2.05) is 6.92 Å². The van der Waals surface area contributed by atoms with Crippen molar-refractivity contribution in [3.63, 3.8) is 0 Å². The van der Waals surface area contributed by atoms with Crippen LogP contribution in [0.3, 0.4) is 0 Å². The molecule has 1 aliphatic carbocycles. The number of ether oxygens (including phenoxy) is 2. The van der Waals surface area contributed by atoms with E-state index in [2.05, 4.69) is 17.0 Å². The van der Waals surface area contributed by atoms with Gasteiger partial charge in [-0.3, -0.25) is 0 Å². The zero-order chi connectivity index (χ0) is 14.5. The molecule has 0 bridgehead atoms. The van der Waals surface area contributed by atoms with Gasteiger partial charge >= 0.3 is 6.61 Å². The first-order chi connectivity index (χ1) is 9.60. The molecule has 0 amide bonds. The van der Waals surface area contributed by atoms with Crippen molar-refractivity contribution in [3.05, 3.63) is 23.8 Å². The molecule has 5 heteroatoms. The molecule has 1 aromatic carbocycles. The molecule has 2 rings (SSSR count). The van der Waals surface area contributed by atoms with Gasteiger partial charge in [-0.25, -0.2) is 0 Å². The van der Waals surface area contributed by atoms with Crippen LogP contribution in [0.5, 0.6) is 11.5 Å². The highest BCUT2D eigenvalue weighted by molar-refractivity contribution is 5.43. The van der Waals surface area contributed by atoms with Crippen LogP contribution in [0.4, 0.5) is 8.78 Å². The monoisotopic (exact) mass is 285 g/mol. The van der Waals surface area contributed by atoms with Gasteiger partial charge in [0.25, 0.3) is 0 Å². The van der Waals surface area contributed by atoms with Crippen molar-refractivity contribution in [1.82, 2.24) is 5.32 Å². The first kappa shape index (κ1) is 15.0. The van der Waals surface area contributed by atoms with Crippen molar-refractivity contribution in [2.75, 3.05) is 13.2 Å².